The number of benzene rings is 1. The van der Waals surface area contributed by atoms with Crippen molar-refractivity contribution in [2.75, 3.05) is 13.7 Å². The first-order chi connectivity index (χ1) is 8.25. The molecule has 0 aromatic heterocycles. The van der Waals surface area contributed by atoms with Gasteiger partial charge in [-0.3, -0.25) is 0 Å². The van der Waals surface area contributed by atoms with Gasteiger partial charge in [0.05, 0.1) is 16.1 Å². The normalized spacial score (nSPS) is 13.3. The number of methoxy groups -OCH3 is 1. The summed E-state index contributed by atoms with van der Waals surface area (Å²) in [5.74, 6) is 0.858. The monoisotopic (exact) mass is 454 g/mol. The van der Waals surface area contributed by atoms with E-state index in [1.807, 2.05) is 0 Å². The first kappa shape index (κ1) is 16.1. The summed E-state index contributed by atoms with van der Waals surface area (Å²) < 4.78 is 48.1. The number of rotatable bonds is 4. The maximum absolute atomic E-state index is 12.3. The third kappa shape index (κ3) is 4.31. The van der Waals surface area contributed by atoms with Crippen LogP contribution >= 0.6 is 47.8 Å². The highest BCUT2D eigenvalue weighted by Gasteiger charge is 2.38. The van der Waals surface area contributed by atoms with Gasteiger partial charge in [-0.15, -0.1) is 0 Å². The Morgan fingerprint density at radius 1 is 1.17 bits per heavy atom. The molecule has 0 heterocycles. The summed E-state index contributed by atoms with van der Waals surface area (Å²) in [4.78, 5) is -1.71. The van der Waals surface area contributed by atoms with Crippen LogP contribution in [0.2, 0.25) is 0 Å². The largest absolute Gasteiger partial charge is 0.496 e. The van der Waals surface area contributed by atoms with Crippen LogP contribution < -0.4 is 9.47 Å². The molecule has 0 N–H and O–H groups in total. The zero-order valence-corrected chi connectivity index (χ0v) is 13.8. The summed E-state index contributed by atoms with van der Waals surface area (Å²) in [6.07, 6.45) is -4.34. The molecule has 0 aliphatic rings. The summed E-state index contributed by atoms with van der Waals surface area (Å²) in [6, 6.07) is 3.15. The predicted octanol–water partition coefficient (Wildman–Crippen LogP) is 4.92. The quantitative estimate of drug-likeness (QED) is 0.598. The maximum Gasteiger partial charge on any atom is 0.404 e. The van der Waals surface area contributed by atoms with Crippen LogP contribution in [0, 0.1) is 0 Å². The molecule has 0 saturated heterocycles. The van der Waals surface area contributed by atoms with Crippen LogP contribution in [0.3, 0.4) is 0 Å². The van der Waals surface area contributed by atoms with Crippen LogP contribution in [-0.2, 0) is 0 Å². The lowest BCUT2D eigenvalue weighted by atomic mass is 10.3. The second-order valence-electron chi connectivity index (χ2n) is 3.24. The number of ether oxygens (including phenoxy) is 2. The van der Waals surface area contributed by atoms with E-state index in [1.54, 1.807) is 12.1 Å². The van der Waals surface area contributed by atoms with E-state index < -0.39 is 17.6 Å². The second-order valence-corrected chi connectivity index (χ2v) is 6.05. The van der Waals surface area contributed by atoms with Gasteiger partial charge in [0.1, 0.15) is 22.9 Å². The minimum Gasteiger partial charge on any atom is -0.496 e. The Morgan fingerprint density at radius 3 is 2.17 bits per heavy atom. The molecule has 1 atom stereocenters. The molecule has 0 aliphatic carbocycles. The Balaban J connectivity index is 2.77. The molecule has 18 heavy (non-hydrogen) atoms. The van der Waals surface area contributed by atoms with E-state index in [-0.39, 0.29) is 0 Å². The van der Waals surface area contributed by atoms with Crippen LogP contribution in [0.1, 0.15) is 0 Å². The van der Waals surface area contributed by atoms with Crippen molar-refractivity contribution in [1.29, 1.82) is 0 Å². The summed E-state index contributed by atoms with van der Waals surface area (Å²) in [5, 5.41) is 0. The number of hydrogen-bond donors (Lipinski definition) is 0. The Hall–Kier alpha value is 0.0500. The van der Waals surface area contributed by atoms with Crippen molar-refractivity contribution in [2.24, 2.45) is 0 Å². The first-order valence-corrected chi connectivity index (χ1v) is 7.12. The highest BCUT2D eigenvalue weighted by molar-refractivity contribution is 9.11. The van der Waals surface area contributed by atoms with Crippen LogP contribution in [-0.4, -0.2) is 24.7 Å². The fourth-order valence-corrected chi connectivity index (χ4v) is 2.09. The number of alkyl halides is 4. The van der Waals surface area contributed by atoms with Crippen molar-refractivity contribution >= 4 is 47.8 Å². The van der Waals surface area contributed by atoms with Gasteiger partial charge in [-0.25, -0.2) is 0 Å². The fraction of sp³-hybridized carbons (Fsp3) is 0.400. The Bertz CT molecular complexity index is 424. The molecule has 1 aromatic rings. The first-order valence-electron chi connectivity index (χ1n) is 4.62. The van der Waals surface area contributed by atoms with E-state index in [4.69, 9.17) is 9.47 Å². The maximum atomic E-state index is 12.3. The molecular weight excluding hydrogens is 449 g/mol. The molecular formula is C10H8Br3F3O2. The van der Waals surface area contributed by atoms with Crippen molar-refractivity contribution in [1.82, 2.24) is 0 Å². The molecule has 1 rings (SSSR count). The van der Waals surface area contributed by atoms with Gasteiger partial charge in [0.25, 0.3) is 0 Å². The highest BCUT2D eigenvalue weighted by atomic mass is 79.9. The van der Waals surface area contributed by atoms with Gasteiger partial charge >= 0.3 is 6.18 Å². The van der Waals surface area contributed by atoms with E-state index in [2.05, 4.69) is 47.8 Å². The van der Waals surface area contributed by atoms with E-state index in [0.717, 1.165) is 0 Å². The van der Waals surface area contributed by atoms with Crippen molar-refractivity contribution in [2.45, 2.75) is 11.0 Å². The molecule has 2 nitrogen and oxygen atoms in total. The van der Waals surface area contributed by atoms with Crippen molar-refractivity contribution < 1.29 is 22.6 Å². The number of halogens is 6. The van der Waals surface area contributed by atoms with Gasteiger partial charge in [-0.1, -0.05) is 15.9 Å². The minimum atomic E-state index is -4.34. The smallest absolute Gasteiger partial charge is 0.404 e. The summed E-state index contributed by atoms with van der Waals surface area (Å²) in [7, 11) is 1.49. The van der Waals surface area contributed by atoms with E-state index in [9.17, 15) is 13.2 Å². The highest BCUT2D eigenvalue weighted by Crippen LogP contribution is 2.36. The van der Waals surface area contributed by atoms with E-state index in [0.29, 0.717) is 20.4 Å². The zero-order chi connectivity index (χ0) is 13.9. The summed E-state index contributed by atoms with van der Waals surface area (Å²) in [6.45, 7) is -0.513. The molecule has 0 saturated carbocycles. The summed E-state index contributed by atoms with van der Waals surface area (Å²) >= 11 is 8.95. The van der Waals surface area contributed by atoms with Gasteiger partial charge in [0.15, 0.2) is 0 Å². The third-order valence-electron chi connectivity index (χ3n) is 1.95. The molecule has 0 amide bonds. The molecule has 1 aromatic carbocycles. The van der Waals surface area contributed by atoms with Crippen LogP contribution in [0.5, 0.6) is 11.5 Å². The topological polar surface area (TPSA) is 18.5 Å². The van der Waals surface area contributed by atoms with Gasteiger partial charge in [0, 0.05) is 0 Å². The SMILES string of the molecule is COc1cc(Br)c(OCC(Br)C(F)(F)F)cc1Br. The zero-order valence-electron chi connectivity index (χ0n) is 9.02. The molecule has 1 unspecified atom stereocenters. The standard InChI is InChI=1S/C10H8Br3F3O2/c1-17-7-2-6(12)8(3-5(7)11)18-4-9(13)10(14,15)16/h2-3,9H,4H2,1H3. The molecule has 8 heteroatoms. The Labute approximate surface area is 127 Å². The average Bonchev–Trinajstić information content (AvgIpc) is 2.27. The average molecular weight is 457 g/mol. The lowest BCUT2D eigenvalue weighted by molar-refractivity contribution is -0.132. The molecule has 102 valence electrons. The van der Waals surface area contributed by atoms with Crippen LogP contribution in [0.4, 0.5) is 13.2 Å². The van der Waals surface area contributed by atoms with Crippen LogP contribution in [0.25, 0.3) is 0 Å². The molecule has 0 bridgehead atoms. The van der Waals surface area contributed by atoms with Gasteiger partial charge in [-0.05, 0) is 44.0 Å². The Morgan fingerprint density at radius 2 is 1.67 bits per heavy atom. The van der Waals surface area contributed by atoms with E-state index >= 15 is 0 Å². The predicted molar refractivity (Wildman–Crippen MR) is 72.7 cm³/mol. The third-order valence-corrected chi connectivity index (χ3v) is 3.97. The van der Waals surface area contributed by atoms with Gasteiger partial charge in [-0.2, -0.15) is 13.2 Å². The lowest BCUT2D eigenvalue weighted by Crippen LogP contribution is -2.28. The lowest BCUT2D eigenvalue weighted by Gasteiger charge is -2.16. The molecule has 0 aliphatic heterocycles. The van der Waals surface area contributed by atoms with Gasteiger partial charge in [0.2, 0.25) is 0 Å². The van der Waals surface area contributed by atoms with Gasteiger partial charge < -0.3 is 9.47 Å². The van der Waals surface area contributed by atoms with Crippen molar-refractivity contribution in [3.05, 3.63) is 21.1 Å². The second kappa shape index (κ2) is 6.47. The fourth-order valence-electron chi connectivity index (χ4n) is 1.03. The van der Waals surface area contributed by atoms with Crippen LogP contribution in [0.15, 0.2) is 21.1 Å². The minimum absolute atomic E-state index is 0.302. The van der Waals surface area contributed by atoms with Crippen molar-refractivity contribution in [3.8, 4) is 11.5 Å². The number of hydrogen-bond acceptors (Lipinski definition) is 2. The molecule has 0 spiro atoms. The van der Waals surface area contributed by atoms with E-state index in [1.165, 1.54) is 7.11 Å². The summed E-state index contributed by atoms with van der Waals surface area (Å²) in [5.41, 5.74) is 0. The van der Waals surface area contributed by atoms with Crippen molar-refractivity contribution in [3.63, 3.8) is 0 Å². The molecule has 0 radical (unpaired) electrons. The molecule has 0 fully saturated rings. The Kier molecular flexibility index (Phi) is 5.79.